The van der Waals surface area contributed by atoms with Crippen LogP contribution in [0.25, 0.3) is 0 Å². The van der Waals surface area contributed by atoms with Gasteiger partial charge in [0, 0.05) is 23.7 Å². The number of ketones is 1. The standard InChI is InChI=1S/C14H19ClN2O2S/c1-2-16-7-8-17-14(19)10-20-9-13(18)11-3-5-12(15)6-4-11/h3-6,16H,2,7-10H2,1H3,(H,17,19). The highest BCUT2D eigenvalue weighted by Gasteiger charge is 2.07. The topological polar surface area (TPSA) is 58.2 Å². The van der Waals surface area contributed by atoms with Crippen molar-refractivity contribution in [1.82, 2.24) is 10.6 Å². The zero-order chi connectivity index (χ0) is 14.8. The summed E-state index contributed by atoms with van der Waals surface area (Å²) < 4.78 is 0. The van der Waals surface area contributed by atoms with Crippen LogP contribution in [0.4, 0.5) is 0 Å². The highest BCUT2D eigenvalue weighted by Crippen LogP contribution is 2.12. The van der Waals surface area contributed by atoms with Gasteiger partial charge in [-0.3, -0.25) is 9.59 Å². The Hall–Kier alpha value is -1.04. The fourth-order valence-electron chi connectivity index (χ4n) is 1.47. The van der Waals surface area contributed by atoms with Crippen molar-refractivity contribution >= 4 is 35.1 Å². The van der Waals surface area contributed by atoms with Gasteiger partial charge in [0.1, 0.15) is 0 Å². The van der Waals surface area contributed by atoms with Crippen LogP contribution in [0, 0.1) is 0 Å². The number of carbonyl (C=O) groups is 2. The maximum absolute atomic E-state index is 11.8. The van der Waals surface area contributed by atoms with E-state index in [-0.39, 0.29) is 11.7 Å². The molecule has 0 radical (unpaired) electrons. The molecule has 1 rings (SSSR count). The maximum Gasteiger partial charge on any atom is 0.230 e. The lowest BCUT2D eigenvalue weighted by molar-refractivity contribution is -0.118. The second-order valence-electron chi connectivity index (χ2n) is 4.13. The van der Waals surface area contributed by atoms with Crippen molar-refractivity contribution in [2.75, 3.05) is 31.1 Å². The third-order valence-corrected chi connectivity index (χ3v) is 3.69. The van der Waals surface area contributed by atoms with E-state index in [0.29, 0.717) is 28.6 Å². The third-order valence-electron chi connectivity index (χ3n) is 2.51. The Morgan fingerprint density at radius 3 is 2.50 bits per heavy atom. The lowest BCUT2D eigenvalue weighted by Gasteiger charge is -2.05. The summed E-state index contributed by atoms with van der Waals surface area (Å²) in [7, 11) is 0. The van der Waals surface area contributed by atoms with Gasteiger partial charge in [0.15, 0.2) is 5.78 Å². The number of amides is 1. The molecule has 110 valence electrons. The van der Waals surface area contributed by atoms with Gasteiger partial charge in [-0.1, -0.05) is 18.5 Å². The van der Waals surface area contributed by atoms with Crippen LogP contribution in [0.3, 0.4) is 0 Å². The van der Waals surface area contributed by atoms with E-state index < -0.39 is 0 Å². The molecular formula is C14H19ClN2O2S. The van der Waals surface area contributed by atoms with Crippen molar-refractivity contribution in [3.05, 3.63) is 34.9 Å². The first kappa shape index (κ1) is 17.0. The van der Waals surface area contributed by atoms with E-state index in [1.165, 1.54) is 11.8 Å². The molecule has 0 spiro atoms. The molecule has 0 saturated heterocycles. The van der Waals surface area contributed by atoms with Crippen LogP contribution in [0.15, 0.2) is 24.3 Å². The fourth-order valence-corrected chi connectivity index (χ4v) is 2.34. The summed E-state index contributed by atoms with van der Waals surface area (Å²) in [6.45, 7) is 4.27. The minimum Gasteiger partial charge on any atom is -0.354 e. The van der Waals surface area contributed by atoms with Crippen LogP contribution in [-0.4, -0.2) is 42.8 Å². The molecule has 2 N–H and O–H groups in total. The van der Waals surface area contributed by atoms with Crippen LogP contribution in [0.5, 0.6) is 0 Å². The van der Waals surface area contributed by atoms with Crippen LogP contribution in [0.2, 0.25) is 5.02 Å². The predicted octanol–water partition coefficient (Wildman–Crippen LogP) is 1.98. The van der Waals surface area contributed by atoms with Crippen LogP contribution >= 0.6 is 23.4 Å². The Labute approximate surface area is 128 Å². The van der Waals surface area contributed by atoms with Crippen LogP contribution in [-0.2, 0) is 4.79 Å². The molecule has 1 aromatic carbocycles. The lowest BCUT2D eigenvalue weighted by atomic mass is 10.1. The van der Waals surface area contributed by atoms with Crippen LogP contribution in [0.1, 0.15) is 17.3 Å². The number of halogens is 1. The first-order valence-electron chi connectivity index (χ1n) is 6.47. The summed E-state index contributed by atoms with van der Waals surface area (Å²) in [4.78, 5) is 23.3. The van der Waals surface area contributed by atoms with Crippen LogP contribution < -0.4 is 10.6 Å². The summed E-state index contributed by atoms with van der Waals surface area (Å²) >= 11 is 7.08. The van der Waals surface area contributed by atoms with E-state index in [4.69, 9.17) is 11.6 Å². The number of hydrogen-bond acceptors (Lipinski definition) is 4. The molecule has 0 unspecified atom stereocenters. The minimum absolute atomic E-state index is 0.00659. The summed E-state index contributed by atoms with van der Waals surface area (Å²) in [6, 6.07) is 6.77. The SMILES string of the molecule is CCNCCNC(=O)CSCC(=O)c1ccc(Cl)cc1. The number of nitrogens with one attached hydrogen (secondary N) is 2. The van der Waals surface area contributed by atoms with Gasteiger partial charge >= 0.3 is 0 Å². The van der Waals surface area contributed by atoms with Gasteiger partial charge in [-0.15, -0.1) is 11.8 Å². The average Bonchev–Trinajstić information content (AvgIpc) is 2.44. The maximum atomic E-state index is 11.8. The minimum atomic E-state index is -0.0446. The van der Waals surface area contributed by atoms with E-state index in [0.717, 1.165) is 13.1 Å². The monoisotopic (exact) mass is 314 g/mol. The average molecular weight is 315 g/mol. The van der Waals surface area contributed by atoms with E-state index in [2.05, 4.69) is 10.6 Å². The Kier molecular flexibility index (Phi) is 8.34. The summed E-state index contributed by atoms with van der Waals surface area (Å²) in [5.41, 5.74) is 0.620. The molecule has 20 heavy (non-hydrogen) atoms. The third kappa shape index (κ3) is 6.93. The first-order chi connectivity index (χ1) is 9.63. The van der Waals surface area contributed by atoms with Gasteiger partial charge in [0.2, 0.25) is 5.91 Å². The summed E-state index contributed by atoms with van der Waals surface area (Å²) in [5, 5.41) is 6.51. The van der Waals surface area contributed by atoms with Gasteiger partial charge < -0.3 is 10.6 Å². The van der Waals surface area contributed by atoms with Crippen molar-refractivity contribution < 1.29 is 9.59 Å². The molecule has 0 bridgehead atoms. The molecule has 0 saturated carbocycles. The normalized spacial score (nSPS) is 10.3. The van der Waals surface area contributed by atoms with Gasteiger partial charge in [-0.25, -0.2) is 0 Å². The summed E-state index contributed by atoms with van der Waals surface area (Å²) in [5.74, 6) is 0.553. The van der Waals surface area contributed by atoms with Crippen molar-refractivity contribution in [2.24, 2.45) is 0 Å². The van der Waals surface area contributed by atoms with Crippen molar-refractivity contribution in [3.8, 4) is 0 Å². The van der Waals surface area contributed by atoms with Crippen molar-refractivity contribution in [3.63, 3.8) is 0 Å². The second-order valence-corrected chi connectivity index (χ2v) is 5.55. The van der Waals surface area contributed by atoms with Gasteiger partial charge in [0.05, 0.1) is 11.5 Å². The molecular weight excluding hydrogens is 296 g/mol. The Morgan fingerprint density at radius 2 is 1.85 bits per heavy atom. The molecule has 0 aliphatic heterocycles. The van der Waals surface area contributed by atoms with E-state index in [9.17, 15) is 9.59 Å². The highest BCUT2D eigenvalue weighted by atomic mass is 35.5. The molecule has 0 atom stereocenters. The van der Waals surface area contributed by atoms with Gasteiger partial charge in [-0.05, 0) is 30.8 Å². The number of benzene rings is 1. The van der Waals surface area contributed by atoms with Crippen molar-refractivity contribution in [1.29, 1.82) is 0 Å². The molecule has 0 aliphatic rings. The Bertz CT molecular complexity index is 437. The second kappa shape index (κ2) is 9.80. The Morgan fingerprint density at radius 1 is 1.15 bits per heavy atom. The number of likely N-dealkylation sites (N-methyl/N-ethyl adjacent to an activating group) is 1. The number of thioether (sulfide) groups is 1. The van der Waals surface area contributed by atoms with E-state index in [1.807, 2.05) is 6.92 Å². The fraction of sp³-hybridized carbons (Fsp3) is 0.429. The first-order valence-corrected chi connectivity index (χ1v) is 8.00. The summed E-state index contributed by atoms with van der Waals surface area (Å²) in [6.07, 6.45) is 0. The smallest absolute Gasteiger partial charge is 0.230 e. The zero-order valence-corrected chi connectivity index (χ0v) is 13.0. The lowest BCUT2D eigenvalue weighted by Crippen LogP contribution is -2.32. The number of rotatable bonds is 9. The number of hydrogen-bond donors (Lipinski definition) is 2. The molecule has 0 heterocycles. The van der Waals surface area contributed by atoms with Gasteiger partial charge in [0.25, 0.3) is 0 Å². The largest absolute Gasteiger partial charge is 0.354 e. The van der Waals surface area contributed by atoms with E-state index in [1.54, 1.807) is 24.3 Å². The highest BCUT2D eigenvalue weighted by molar-refractivity contribution is 8.00. The zero-order valence-electron chi connectivity index (χ0n) is 11.4. The molecule has 4 nitrogen and oxygen atoms in total. The quantitative estimate of drug-likeness (QED) is 0.540. The van der Waals surface area contributed by atoms with E-state index >= 15 is 0 Å². The molecule has 1 amide bonds. The van der Waals surface area contributed by atoms with Crippen molar-refractivity contribution in [2.45, 2.75) is 6.92 Å². The molecule has 0 aromatic heterocycles. The predicted molar refractivity (Wildman–Crippen MR) is 84.7 cm³/mol. The van der Waals surface area contributed by atoms with Gasteiger partial charge in [-0.2, -0.15) is 0 Å². The number of Topliss-reactive ketones (excluding diaryl/α,β-unsaturated/α-hetero) is 1. The molecule has 1 aromatic rings. The molecule has 6 heteroatoms. The molecule has 0 fully saturated rings. The Balaban J connectivity index is 2.18. The molecule has 0 aliphatic carbocycles. The number of carbonyl (C=O) groups excluding carboxylic acids is 2.